The molecule has 1 atom stereocenters. The van der Waals surface area contributed by atoms with Gasteiger partial charge in [-0.05, 0) is 17.7 Å². The first-order chi connectivity index (χ1) is 7.92. The van der Waals surface area contributed by atoms with Crippen molar-refractivity contribution >= 4 is 21.6 Å². The predicted molar refractivity (Wildman–Crippen MR) is 70.4 cm³/mol. The third-order valence-corrected chi connectivity index (χ3v) is 4.74. The van der Waals surface area contributed by atoms with E-state index in [1.807, 2.05) is 0 Å². The molecular formula is C11H16FNO2S2. The number of sulfone groups is 1. The van der Waals surface area contributed by atoms with Gasteiger partial charge < -0.3 is 5.73 Å². The van der Waals surface area contributed by atoms with Gasteiger partial charge in [-0.15, -0.1) is 0 Å². The molecule has 1 aromatic carbocycles. The van der Waals surface area contributed by atoms with Crippen molar-refractivity contribution in [3.8, 4) is 0 Å². The van der Waals surface area contributed by atoms with Crippen LogP contribution >= 0.6 is 11.8 Å². The van der Waals surface area contributed by atoms with Gasteiger partial charge in [0.05, 0.1) is 5.75 Å². The van der Waals surface area contributed by atoms with Crippen LogP contribution in [-0.4, -0.2) is 32.7 Å². The number of nitrogens with two attached hydrogens (primary N) is 1. The van der Waals surface area contributed by atoms with E-state index in [2.05, 4.69) is 0 Å². The summed E-state index contributed by atoms with van der Waals surface area (Å²) >= 11 is 1.48. The van der Waals surface area contributed by atoms with E-state index >= 15 is 0 Å². The van der Waals surface area contributed by atoms with Crippen LogP contribution in [0.5, 0.6) is 0 Å². The van der Waals surface area contributed by atoms with E-state index in [4.69, 9.17) is 5.73 Å². The fourth-order valence-corrected chi connectivity index (χ4v) is 3.69. The van der Waals surface area contributed by atoms with Gasteiger partial charge in [-0.1, -0.05) is 12.1 Å². The maximum atomic E-state index is 12.7. The zero-order valence-corrected chi connectivity index (χ0v) is 11.2. The normalized spacial score (nSPS) is 13.6. The van der Waals surface area contributed by atoms with Crippen molar-refractivity contribution in [2.75, 3.05) is 24.3 Å². The molecule has 0 aliphatic rings. The van der Waals surface area contributed by atoms with E-state index in [9.17, 15) is 12.8 Å². The Morgan fingerprint density at radius 2 is 1.94 bits per heavy atom. The Balaban J connectivity index is 2.57. The maximum Gasteiger partial charge on any atom is 0.148 e. The molecule has 96 valence electrons. The van der Waals surface area contributed by atoms with Gasteiger partial charge in [0.15, 0.2) is 0 Å². The molecule has 0 amide bonds. The van der Waals surface area contributed by atoms with Gasteiger partial charge >= 0.3 is 0 Å². The van der Waals surface area contributed by atoms with Gasteiger partial charge in [0.25, 0.3) is 0 Å². The minimum absolute atomic E-state index is 0.0114. The van der Waals surface area contributed by atoms with Crippen LogP contribution in [-0.2, 0) is 9.84 Å². The zero-order chi connectivity index (χ0) is 12.9. The number of halogens is 1. The van der Waals surface area contributed by atoms with Crippen LogP contribution in [0.15, 0.2) is 24.3 Å². The largest absolute Gasteiger partial charge is 0.329 e. The van der Waals surface area contributed by atoms with E-state index in [0.29, 0.717) is 12.3 Å². The Labute approximate surface area is 106 Å². The van der Waals surface area contributed by atoms with Gasteiger partial charge in [0, 0.05) is 23.8 Å². The molecule has 2 N–H and O–H groups in total. The summed E-state index contributed by atoms with van der Waals surface area (Å²) in [5.41, 5.74) is 6.55. The predicted octanol–water partition coefficient (Wildman–Crippen LogP) is 1.60. The monoisotopic (exact) mass is 277 g/mol. The van der Waals surface area contributed by atoms with Crippen molar-refractivity contribution in [1.29, 1.82) is 0 Å². The first-order valence-corrected chi connectivity index (χ1v) is 8.28. The van der Waals surface area contributed by atoms with Gasteiger partial charge in [-0.2, -0.15) is 11.8 Å². The molecule has 0 fully saturated rings. The molecule has 1 aromatic rings. The highest BCUT2D eigenvalue weighted by Crippen LogP contribution is 2.27. The lowest BCUT2D eigenvalue weighted by Crippen LogP contribution is -2.12. The van der Waals surface area contributed by atoms with Crippen molar-refractivity contribution in [1.82, 2.24) is 0 Å². The molecule has 0 aliphatic carbocycles. The van der Waals surface area contributed by atoms with E-state index in [1.165, 1.54) is 30.2 Å². The molecule has 0 heterocycles. The lowest BCUT2D eigenvalue weighted by atomic mass is 10.1. The average Bonchev–Trinajstić information content (AvgIpc) is 2.24. The summed E-state index contributed by atoms with van der Waals surface area (Å²) in [7, 11) is -2.94. The molecular weight excluding hydrogens is 261 g/mol. The van der Waals surface area contributed by atoms with Crippen LogP contribution in [0.1, 0.15) is 10.8 Å². The Bertz CT molecular complexity index is 445. The van der Waals surface area contributed by atoms with Crippen LogP contribution in [0, 0.1) is 5.82 Å². The highest BCUT2D eigenvalue weighted by atomic mass is 32.2. The third-order valence-electron chi connectivity index (χ3n) is 2.23. The van der Waals surface area contributed by atoms with Gasteiger partial charge in [-0.3, -0.25) is 0 Å². The Kier molecular flexibility index (Phi) is 5.42. The van der Waals surface area contributed by atoms with Crippen LogP contribution in [0.3, 0.4) is 0 Å². The summed E-state index contributed by atoms with van der Waals surface area (Å²) in [6.45, 7) is 0.403. The van der Waals surface area contributed by atoms with E-state index in [-0.39, 0.29) is 16.8 Å². The highest BCUT2D eigenvalue weighted by molar-refractivity contribution is 8.00. The number of thioether (sulfide) groups is 1. The molecule has 1 unspecified atom stereocenters. The minimum atomic E-state index is -2.94. The Hall–Kier alpha value is -0.590. The Morgan fingerprint density at radius 3 is 2.41 bits per heavy atom. The SMILES string of the molecule is CS(=O)(=O)CCSC(CN)c1ccc(F)cc1. The molecule has 0 saturated heterocycles. The zero-order valence-electron chi connectivity index (χ0n) is 9.60. The summed E-state index contributed by atoms with van der Waals surface area (Å²) in [5.74, 6) is 0.346. The summed E-state index contributed by atoms with van der Waals surface area (Å²) in [5, 5.41) is 0.0114. The topological polar surface area (TPSA) is 60.2 Å². The molecule has 0 spiro atoms. The van der Waals surface area contributed by atoms with E-state index in [0.717, 1.165) is 5.56 Å². The number of rotatable bonds is 6. The smallest absolute Gasteiger partial charge is 0.148 e. The van der Waals surface area contributed by atoms with Crippen LogP contribution in [0.25, 0.3) is 0 Å². The fraction of sp³-hybridized carbons (Fsp3) is 0.455. The third kappa shape index (κ3) is 5.52. The first-order valence-electron chi connectivity index (χ1n) is 5.17. The van der Waals surface area contributed by atoms with Gasteiger partial charge in [-0.25, -0.2) is 12.8 Å². The minimum Gasteiger partial charge on any atom is -0.329 e. The number of benzene rings is 1. The molecule has 17 heavy (non-hydrogen) atoms. The van der Waals surface area contributed by atoms with Crippen molar-refractivity contribution in [3.63, 3.8) is 0 Å². The van der Waals surface area contributed by atoms with Crippen molar-refractivity contribution in [2.24, 2.45) is 5.73 Å². The first kappa shape index (κ1) is 14.5. The van der Waals surface area contributed by atoms with Crippen LogP contribution in [0.2, 0.25) is 0 Å². The van der Waals surface area contributed by atoms with Crippen molar-refractivity contribution in [3.05, 3.63) is 35.6 Å². The lowest BCUT2D eigenvalue weighted by molar-refractivity contribution is 0.603. The molecule has 0 aliphatic heterocycles. The summed E-state index contributed by atoms with van der Waals surface area (Å²) in [6.07, 6.45) is 1.21. The molecule has 0 bridgehead atoms. The summed E-state index contributed by atoms with van der Waals surface area (Å²) in [6, 6.07) is 6.13. The standard InChI is InChI=1S/C11H16FNO2S2/c1-17(14,15)7-6-16-11(8-13)9-2-4-10(12)5-3-9/h2-5,11H,6-8,13H2,1H3. The second-order valence-corrected chi connectivity index (χ2v) is 7.35. The lowest BCUT2D eigenvalue weighted by Gasteiger charge is -2.14. The highest BCUT2D eigenvalue weighted by Gasteiger charge is 2.11. The molecule has 1 rings (SSSR count). The second kappa shape index (κ2) is 6.37. The van der Waals surface area contributed by atoms with E-state index in [1.54, 1.807) is 12.1 Å². The fourth-order valence-electron chi connectivity index (χ4n) is 1.32. The Morgan fingerprint density at radius 1 is 1.35 bits per heavy atom. The quantitative estimate of drug-likeness (QED) is 0.858. The number of hydrogen-bond donors (Lipinski definition) is 1. The van der Waals surface area contributed by atoms with Gasteiger partial charge in [0.2, 0.25) is 0 Å². The van der Waals surface area contributed by atoms with Crippen LogP contribution in [0.4, 0.5) is 4.39 Å². The second-order valence-electron chi connectivity index (χ2n) is 3.78. The van der Waals surface area contributed by atoms with Crippen LogP contribution < -0.4 is 5.73 Å². The summed E-state index contributed by atoms with van der Waals surface area (Å²) < 4.78 is 34.7. The van der Waals surface area contributed by atoms with E-state index < -0.39 is 9.84 Å². The van der Waals surface area contributed by atoms with Crippen molar-refractivity contribution < 1.29 is 12.8 Å². The van der Waals surface area contributed by atoms with Crippen molar-refractivity contribution in [2.45, 2.75) is 5.25 Å². The average molecular weight is 277 g/mol. The summed E-state index contributed by atoms with van der Waals surface area (Å²) in [4.78, 5) is 0. The molecule has 3 nitrogen and oxygen atoms in total. The maximum absolute atomic E-state index is 12.7. The number of hydrogen-bond acceptors (Lipinski definition) is 4. The molecule has 0 aromatic heterocycles. The molecule has 0 radical (unpaired) electrons. The molecule has 6 heteroatoms. The molecule has 0 saturated carbocycles. The van der Waals surface area contributed by atoms with Gasteiger partial charge in [0.1, 0.15) is 15.7 Å².